The van der Waals surface area contributed by atoms with Crippen LogP contribution in [-0.4, -0.2) is 35.5 Å². The van der Waals surface area contributed by atoms with Gasteiger partial charge in [0.1, 0.15) is 0 Å². The normalized spacial score (nSPS) is 16.1. The zero-order valence-corrected chi connectivity index (χ0v) is 9.58. The molecule has 0 atom stereocenters. The number of carbonyl (C=O) groups is 1. The Bertz CT molecular complexity index is 436. The molecule has 1 aromatic heterocycles. The van der Waals surface area contributed by atoms with E-state index >= 15 is 0 Å². The third-order valence-electron chi connectivity index (χ3n) is 2.43. The van der Waals surface area contributed by atoms with Gasteiger partial charge in [0.05, 0.1) is 17.9 Å². The summed E-state index contributed by atoms with van der Waals surface area (Å²) in [6, 6.07) is 0. The third kappa shape index (κ3) is 2.01. The Balaban J connectivity index is 2.35. The van der Waals surface area contributed by atoms with Crippen molar-refractivity contribution in [3.63, 3.8) is 0 Å². The quantitative estimate of drug-likeness (QED) is 0.674. The van der Waals surface area contributed by atoms with Gasteiger partial charge < -0.3 is 16.0 Å². The van der Waals surface area contributed by atoms with Crippen molar-refractivity contribution in [3.05, 3.63) is 11.0 Å². The van der Waals surface area contributed by atoms with Crippen LogP contribution in [0.15, 0.2) is 0 Å². The molecule has 16 heavy (non-hydrogen) atoms. The van der Waals surface area contributed by atoms with E-state index in [-0.39, 0.29) is 17.7 Å². The van der Waals surface area contributed by atoms with Crippen LogP contribution in [0.1, 0.15) is 5.69 Å². The van der Waals surface area contributed by atoms with Crippen molar-refractivity contribution in [3.8, 4) is 0 Å². The number of halogens is 1. The molecule has 2 rings (SSSR count). The lowest BCUT2D eigenvalue weighted by molar-refractivity contribution is -0.120. The predicted octanol–water partition coefficient (Wildman–Crippen LogP) is -0.0432. The highest BCUT2D eigenvalue weighted by molar-refractivity contribution is 6.28. The van der Waals surface area contributed by atoms with Crippen LogP contribution in [-0.2, 0) is 4.79 Å². The first-order valence-corrected chi connectivity index (χ1v) is 5.27. The number of hydrogen-bond donors (Lipinski definition) is 2. The van der Waals surface area contributed by atoms with Crippen LogP contribution in [0.3, 0.4) is 0 Å². The molecule has 6 nitrogen and oxygen atoms in total. The lowest BCUT2D eigenvalue weighted by Gasteiger charge is -2.28. The largest absolute Gasteiger partial charge is 0.394 e. The smallest absolute Gasteiger partial charge is 0.239 e. The SMILES string of the molecule is Cc1nc(Cl)nc(N2CCNC(=O)C2)c1N. The minimum absolute atomic E-state index is 0.0435. The predicted molar refractivity (Wildman–Crippen MR) is 61.4 cm³/mol. The maximum absolute atomic E-state index is 11.3. The van der Waals surface area contributed by atoms with E-state index in [0.29, 0.717) is 30.3 Å². The van der Waals surface area contributed by atoms with Crippen molar-refractivity contribution < 1.29 is 4.79 Å². The van der Waals surface area contributed by atoms with Crippen LogP contribution in [0.2, 0.25) is 5.28 Å². The minimum atomic E-state index is -0.0435. The standard InChI is InChI=1S/C9H12ClN5O/c1-5-7(11)8(14-9(10)13-5)15-3-2-12-6(16)4-15/h2-4,11H2,1H3,(H,12,16). The molecule has 1 amide bonds. The Morgan fingerprint density at radius 2 is 2.25 bits per heavy atom. The molecule has 0 spiro atoms. The van der Waals surface area contributed by atoms with Gasteiger partial charge in [-0.1, -0.05) is 0 Å². The summed E-state index contributed by atoms with van der Waals surface area (Å²) in [6.45, 7) is 3.26. The molecule has 1 aliphatic heterocycles. The molecular formula is C9H12ClN5O. The first-order chi connectivity index (χ1) is 7.58. The second-order valence-electron chi connectivity index (χ2n) is 3.59. The van der Waals surface area contributed by atoms with Crippen LogP contribution >= 0.6 is 11.6 Å². The first-order valence-electron chi connectivity index (χ1n) is 4.89. The number of nitrogen functional groups attached to an aromatic ring is 1. The van der Waals surface area contributed by atoms with Gasteiger partial charge in [-0.25, -0.2) is 4.98 Å². The Hall–Kier alpha value is -1.56. The molecule has 0 radical (unpaired) electrons. The summed E-state index contributed by atoms with van der Waals surface area (Å²) in [7, 11) is 0. The lowest BCUT2D eigenvalue weighted by Crippen LogP contribution is -2.48. The second kappa shape index (κ2) is 4.13. The number of nitrogens with one attached hydrogen (secondary N) is 1. The maximum atomic E-state index is 11.3. The Kier molecular flexibility index (Phi) is 2.82. The fourth-order valence-electron chi connectivity index (χ4n) is 1.59. The molecule has 0 unspecified atom stereocenters. The van der Waals surface area contributed by atoms with E-state index in [0.717, 1.165) is 0 Å². The molecule has 0 aromatic carbocycles. The molecule has 0 bridgehead atoms. The van der Waals surface area contributed by atoms with Gasteiger partial charge in [-0.15, -0.1) is 0 Å². The number of aryl methyl sites for hydroxylation is 1. The van der Waals surface area contributed by atoms with Gasteiger partial charge in [-0.05, 0) is 18.5 Å². The van der Waals surface area contributed by atoms with Crippen molar-refractivity contribution in [1.82, 2.24) is 15.3 Å². The minimum Gasteiger partial charge on any atom is -0.394 e. The van der Waals surface area contributed by atoms with Gasteiger partial charge >= 0.3 is 0 Å². The van der Waals surface area contributed by atoms with Crippen LogP contribution < -0.4 is 16.0 Å². The van der Waals surface area contributed by atoms with Gasteiger partial charge in [-0.3, -0.25) is 4.79 Å². The molecule has 2 heterocycles. The molecule has 1 aromatic rings. The monoisotopic (exact) mass is 241 g/mol. The summed E-state index contributed by atoms with van der Waals surface area (Å²) in [5.41, 5.74) is 6.97. The molecule has 86 valence electrons. The van der Waals surface area contributed by atoms with Crippen molar-refractivity contribution in [2.24, 2.45) is 0 Å². The average Bonchev–Trinajstić information content (AvgIpc) is 2.23. The summed E-state index contributed by atoms with van der Waals surface area (Å²) >= 11 is 5.77. The highest BCUT2D eigenvalue weighted by atomic mass is 35.5. The number of nitrogens with two attached hydrogens (primary N) is 1. The summed E-state index contributed by atoms with van der Waals surface area (Å²) in [6.07, 6.45) is 0. The number of rotatable bonds is 1. The van der Waals surface area contributed by atoms with E-state index in [4.69, 9.17) is 17.3 Å². The van der Waals surface area contributed by atoms with E-state index in [1.807, 2.05) is 0 Å². The molecule has 0 saturated carbocycles. The molecule has 1 fully saturated rings. The highest BCUT2D eigenvalue weighted by Crippen LogP contribution is 2.24. The number of aromatic nitrogens is 2. The van der Waals surface area contributed by atoms with Gasteiger partial charge in [0.2, 0.25) is 11.2 Å². The lowest BCUT2D eigenvalue weighted by atomic mass is 10.3. The third-order valence-corrected chi connectivity index (χ3v) is 2.60. The molecule has 1 saturated heterocycles. The summed E-state index contributed by atoms with van der Waals surface area (Å²) < 4.78 is 0. The number of piperazine rings is 1. The number of carbonyl (C=O) groups excluding carboxylic acids is 1. The van der Waals surface area contributed by atoms with E-state index < -0.39 is 0 Å². The number of amides is 1. The second-order valence-corrected chi connectivity index (χ2v) is 3.92. The zero-order chi connectivity index (χ0) is 11.7. The Morgan fingerprint density at radius 3 is 2.94 bits per heavy atom. The summed E-state index contributed by atoms with van der Waals surface area (Å²) in [5, 5.41) is 2.88. The Labute approximate surface area is 97.8 Å². The molecule has 1 aliphatic rings. The van der Waals surface area contributed by atoms with E-state index in [2.05, 4.69) is 15.3 Å². The van der Waals surface area contributed by atoms with Crippen molar-refractivity contribution in [2.45, 2.75) is 6.92 Å². The van der Waals surface area contributed by atoms with Gasteiger partial charge in [0.15, 0.2) is 5.82 Å². The van der Waals surface area contributed by atoms with Crippen LogP contribution in [0.25, 0.3) is 0 Å². The topological polar surface area (TPSA) is 84.1 Å². The zero-order valence-electron chi connectivity index (χ0n) is 8.83. The molecule has 3 N–H and O–H groups in total. The van der Waals surface area contributed by atoms with Gasteiger partial charge in [0, 0.05) is 13.1 Å². The van der Waals surface area contributed by atoms with Crippen molar-refractivity contribution in [1.29, 1.82) is 0 Å². The number of nitrogens with zero attached hydrogens (tertiary/aromatic N) is 3. The summed E-state index contributed by atoms with van der Waals surface area (Å²) in [5.74, 6) is 0.491. The molecule has 7 heteroatoms. The van der Waals surface area contributed by atoms with E-state index in [9.17, 15) is 4.79 Å². The fraction of sp³-hybridized carbons (Fsp3) is 0.444. The highest BCUT2D eigenvalue weighted by Gasteiger charge is 2.21. The molecule has 0 aliphatic carbocycles. The van der Waals surface area contributed by atoms with Crippen molar-refractivity contribution in [2.75, 3.05) is 30.3 Å². The average molecular weight is 242 g/mol. The Morgan fingerprint density at radius 1 is 1.50 bits per heavy atom. The van der Waals surface area contributed by atoms with E-state index in [1.165, 1.54) is 0 Å². The van der Waals surface area contributed by atoms with Gasteiger partial charge in [0.25, 0.3) is 0 Å². The van der Waals surface area contributed by atoms with Gasteiger partial charge in [-0.2, -0.15) is 4.98 Å². The summed E-state index contributed by atoms with van der Waals surface area (Å²) in [4.78, 5) is 21.1. The fourth-order valence-corrected chi connectivity index (χ4v) is 1.80. The maximum Gasteiger partial charge on any atom is 0.239 e. The van der Waals surface area contributed by atoms with Crippen LogP contribution in [0, 0.1) is 6.92 Å². The number of anilines is 2. The van der Waals surface area contributed by atoms with Crippen LogP contribution in [0.4, 0.5) is 11.5 Å². The molecular weight excluding hydrogens is 230 g/mol. The van der Waals surface area contributed by atoms with E-state index in [1.54, 1.807) is 11.8 Å². The first kappa shape index (κ1) is 10.9. The van der Waals surface area contributed by atoms with Crippen LogP contribution in [0.5, 0.6) is 0 Å². The number of hydrogen-bond acceptors (Lipinski definition) is 5. The van der Waals surface area contributed by atoms with Crippen molar-refractivity contribution >= 4 is 29.0 Å².